The van der Waals surface area contributed by atoms with E-state index in [4.69, 9.17) is 4.74 Å². The fraction of sp³-hybridized carbons (Fsp3) is 0.462. The van der Waals surface area contributed by atoms with Gasteiger partial charge in [-0.05, 0) is 24.6 Å². The number of benzene rings is 1. The van der Waals surface area contributed by atoms with Crippen LogP contribution >= 0.6 is 0 Å². The molecule has 0 atom stereocenters. The van der Waals surface area contributed by atoms with Crippen LogP contribution in [-0.4, -0.2) is 18.6 Å². The van der Waals surface area contributed by atoms with Crippen LogP contribution in [0.2, 0.25) is 0 Å². The number of alkyl halides is 3. The van der Waals surface area contributed by atoms with Crippen molar-refractivity contribution in [2.45, 2.75) is 32.4 Å². The average molecular weight is 278 g/mol. The predicted octanol–water partition coefficient (Wildman–Crippen LogP) is 4.14. The molecule has 0 aliphatic heterocycles. The second kappa shape index (κ2) is 6.54. The van der Waals surface area contributed by atoms with Gasteiger partial charge in [0.25, 0.3) is 5.78 Å². The minimum absolute atomic E-state index is 0.144. The number of carbonyl (C=O) groups excluding carboxylic acids is 1. The van der Waals surface area contributed by atoms with Crippen molar-refractivity contribution in [1.82, 2.24) is 0 Å². The standard InChI is InChI=1S/C13H14F4O2/c1-2-3-4-7-19-11-6-5-9(8-10(11)14)12(18)13(15,16)17/h5-6,8H,2-4,7H2,1H3. The van der Waals surface area contributed by atoms with Gasteiger partial charge in [0, 0.05) is 5.56 Å². The van der Waals surface area contributed by atoms with Crippen LogP contribution in [0, 0.1) is 5.82 Å². The summed E-state index contributed by atoms with van der Waals surface area (Å²) in [5, 5.41) is 0. The number of halogens is 4. The normalized spacial score (nSPS) is 11.4. The van der Waals surface area contributed by atoms with E-state index in [1.54, 1.807) is 0 Å². The maximum absolute atomic E-state index is 13.5. The molecule has 1 aromatic rings. The lowest BCUT2D eigenvalue weighted by Crippen LogP contribution is -2.22. The maximum atomic E-state index is 13.5. The van der Waals surface area contributed by atoms with E-state index in [1.807, 2.05) is 6.92 Å². The lowest BCUT2D eigenvalue weighted by molar-refractivity contribution is -0.0885. The molecule has 0 aliphatic rings. The van der Waals surface area contributed by atoms with Crippen molar-refractivity contribution in [2.24, 2.45) is 0 Å². The Hall–Kier alpha value is -1.59. The highest BCUT2D eigenvalue weighted by Crippen LogP contribution is 2.25. The number of carbonyl (C=O) groups is 1. The molecule has 0 fully saturated rings. The van der Waals surface area contributed by atoms with E-state index in [0.717, 1.165) is 31.4 Å². The summed E-state index contributed by atoms with van der Waals surface area (Å²) in [4.78, 5) is 10.9. The van der Waals surface area contributed by atoms with Crippen LogP contribution in [0.15, 0.2) is 18.2 Å². The van der Waals surface area contributed by atoms with Gasteiger partial charge in [0.1, 0.15) is 0 Å². The van der Waals surface area contributed by atoms with Crippen LogP contribution < -0.4 is 4.74 Å². The van der Waals surface area contributed by atoms with Crippen LogP contribution in [0.25, 0.3) is 0 Å². The van der Waals surface area contributed by atoms with E-state index in [1.165, 1.54) is 0 Å². The molecule has 1 rings (SSSR count). The second-order valence-corrected chi connectivity index (χ2v) is 4.03. The predicted molar refractivity (Wildman–Crippen MR) is 61.8 cm³/mol. The average Bonchev–Trinajstić information content (AvgIpc) is 2.34. The summed E-state index contributed by atoms with van der Waals surface area (Å²) in [5.74, 6) is -3.18. The monoisotopic (exact) mass is 278 g/mol. The minimum Gasteiger partial charge on any atom is -0.491 e. The summed E-state index contributed by atoms with van der Waals surface area (Å²) in [6.07, 6.45) is -2.37. The summed E-state index contributed by atoms with van der Waals surface area (Å²) in [6, 6.07) is 2.50. The minimum atomic E-state index is -5.00. The highest BCUT2D eigenvalue weighted by atomic mass is 19.4. The van der Waals surface area contributed by atoms with E-state index in [2.05, 4.69) is 0 Å². The summed E-state index contributed by atoms with van der Waals surface area (Å²) >= 11 is 0. The molecule has 0 aromatic heterocycles. The number of hydrogen-bond acceptors (Lipinski definition) is 2. The van der Waals surface area contributed by atoms with Crippen molar-refractivity contribution in [3.05, 3.63) is 29.6 Å². The van der Waals surface area contributed by atoms with Gasteiger partial charge in [-0.15, -0.1) is 0 Å². The summed E-state index contributed by atoms with van der Waals surface area (Å²) < 4.78 is 55.0. The Bertz CT molecular complexity index is 441. The second-order valence-electron chi connectivity index (χ2n) is 4.03. The zero-order chi connectivity index (χ0) is 14.5. The summed E-state index contributed by atoms with van der Waals surface area (Å²) in [5.41, 5.74) is -0.731. The van der Waals surface area contributed by atoms with Crippen LogP contribution in [0.5, 0.6) is 5.75 Å². The first kappa shape index (κ1) is 15.5. The molecular weight excluding hydrogens is 264 g/mol. The fourth-order valence-electron chi connectivity index (χ4n) is 1.46. The Morgan fingerprint density at radius 3 is 2.47 bits per heavy atom. The quantitative estimate of drug-likeness (QED) is 0.444. The number of Topliss-reactive ketones (excluding diaryl/α,β-unsaturated/α-hetero) is 1. The summed E-state index contributed by atoms with van der Waals surface area (Å²) in [6.45, 7) is 2.29. The topological polar surface area (TPSA) is 26.3 Å². The Morgan fingerprint density at radius 2 is 1.95 bits per heavy atom. The molecule has 0 unspecified atom stereocenters. The first-order valence-electron chi connectivity index (χ1n) is 5.90. The number of unbranched alkanes of at least 4 members (excludes halogenated alkanes) is 2. The number of ether oxygens (including phenoxy) is 1. The molecule has 0 amide bonds. The lowest BCUT2D eigenvalue weighted by Gasteiger charge is -2.09. The molecular formula is C13H14F4O2. The number of hydrogen-bond donors (Lipinski definition) is 0. The van der Waals surface area contributed by atoms with Crippen molar-refractivity contribution in [3.63, 3.8) is 0 Å². The molecule has 0 heterocycles. The first-order valence-corrected chi connectivity index (χ1v) is 5.90. The molecule has 0 radical (unpaired) electrons. The van der Waals surface area contributed by atoms with Gasteiger partial charge in [0.2, 0.25) is 0 Å². The summed E-state index contributed by atoms with van der Waals surface area (Å²) in [7, 11) is 0. The Balaban J connectivity index is 2.72. The van der Waals surface area contributed by atoms with Crippen LogP contribution in [0.3, 0.4) is 0 Å². The van der Waals surface area contributed by atoms with Crippen molar-refractivity contribution in [2.75, 3.05) is 6.61 Å². The third kappa shape index (κ3) is 4.54. The van der Waals surface area contributed by atoms with Gasteiger partial charge in [-0.3, -0.25) is 4.79 Å². The zero-order valence-electron chi connectivity index (χ0n) is 10.4. The Morgan fingerprint density at radius 1 is 1.26 bits per heavy atom. The fourth-order valence-corrected chi connectivity index (χ4v) is 1.46. The van der Waals surface area contributed by atoms with Crippen LogP contribution in [-0.2, 0) is 0 Å². The largest absolute Gasteiger partial charge is 0.491 e. The molecule has 0 spiro atoms. The van der Waals surface area contributed by atoms with Crippen molar-refractivity contribution in [1.29, 1.82) is 0 Å². The third-order valence-electron chi connectivity index (χ3n) is 2.46. The lowest BCUT2D eigenvalue weighted by atomic mass is 10.1. The molecule has 1 aromatic carbocycles. The molecule has 0 saturated heterocycles. The van der Waals surface area contributed by atoms with Crippen LogP contribution in [0.4, 0.5) is 17.6 Å². The van der Waals surface area contributed by atoms with E-state index >= 15 is 0 Å². The smallest absolute Gasteiger partial charge is 0.454 e. The van der Waals surface area contributed by atoms with Crippen molar-refractivity contribution >= 4 is 5.78 Å². The third-order valence-corrected chi connectivity index (χ3v) is 2.46. The molecule has 106 valence electrons. The van der Waals surface area contributed by atoms with Gasteiger partial charge in [0.15, 0.2) is 11.6 Å². The van der Waals surface area contributed by atoms with Gasteiger partial charge < -0.3 is 4.74 Å². The van der Waals surface area contributed by atoms with Crippen LogP contribution in [0.1, 0.15) is 36.5 Å². The van der Waals surface area contributed by atoms with E-state index < -0.39 is 23.3 Å². The molecule has 6 heteroatoms. The molecule has 0 bridgehead atoms. The molecule has 0 aliphatic carbocycles. The van der Waals surface area contributed by atoms with Gasteiger partial charge >= 0.3 is 6.18 Å². The van der Waals surface area contributed by atoms with Crippen molar-refractivity contribution < 1.29 is 27.1 Å². The highest BCUT2D eigenvalue weighted by Gasteiger charge is 2.39. The first-order chi connectivity index (χ1) is 8.86. The Labute approximate surface area is 108 Å². The van der Waals surface area contributed by atoms with Gasteiger partial charge in [-0.25, -0.2) is 4.39 Å². The van der Waals surface area contributed by atoms with Gasteiger partial charge in [-0.1, -0.05) is 19.8 Å². The molecule has 19 heavy (non-hydrogen) atoms. The van der Waals surface area contributed by atoms with Gasteiger partial charge in [-0.2, -0.15) is 13.2 Å². The van der Waals surface area contributed by atoms with E-state index in [-0.39, 0.29) is 12.4 Å². The van der Waals surface area contributed by atoms with E-state index in [9.17, 15) is 22.4 Å². The SMILES string of the molecule is CCCCCOc1ccc(C(=O)C(F)(F)F)cc1F. The van der Waals surface area contributed by atoms with Gasteiger partial charge in [0.05, 0.1) is 6.61 Å². The van der Waals surface area contributed by atoms with Crippen molar-refractivity contribution in [3.8, 4) is 5.75 Å². The number of rotatable bonds is 6. The molecule has 0 saturated carbocycles. The Kier molecular flexibility index (Phi) is 5.32. The molecule has 0 N–H and O–H groups in total. The maximum Gasteiger partial charge on any atom is 0.454 e. The number of ketones is 1. The highest BCUT2D eigenvalue weighted by molar-refractivity contribution is 6.00. The van der Waals surface area contributed by atoms with E-state index in [0.29, 0.717) is 6.07 Å². The molecule has 2 nitrogen and oxygen atoms in total. The zero-order valence-corrected chi connectivity index (χ0v) is 10.4.